The lowest BCUT2D eigenvalue weighted by Gasteiger charge is -2.13. The molecule has 0 saturated heterocycles. The highest BCUT2D eigenvalue weighted by molar-refractivity contribution is 6.05. The number of aromatic nitrogens is 1. The number of fused-ring (bicyclic) bond motifs is 1. The molecular weight excluding hydrogens is 256 g/mol. The van der Waals surface area contributed by atoms with Gasteiger partial charge in [-0.15, -0.1) is 0 Å². The molecule has 1 saturated carbocycles. The van der Waals surface area contributed by atoms with Crippen LogP contribution >= 0.6 is 0 Å². The standard InChI is InChI=1S/C15H16N2O3/c18-14(17-11-5-4-10(8-11)15(19)20)12-3-1-2-9-6-7-16-13(9)12/h1-3,6-7,10-11,16H,4-5,8H2,(H,17,18)(H,19,20). The summed E-state index contributed by atoms with van der Waals surface area (Å²) in [5.74, 6) is -1.25. The number of H-pyrrole nitrogens is 1. The summed E-state index contributed by atoms with van der Waals surface area (Å²) in [7, 11) is 0. The van der Waals surface area contributed by atoms with Crippen LogP contribution in [-0.4, -0.2) is 28.0 Å². The molecule has 5 nitrogen and oxygen atoms in total. The van der Waals surface area contributed by atoms with E-state index in [0.29, 0.717) is 18.4 Å². The van der Waals surface area contributed by atoms with Gasteiger partial charge in [-0.1, -0.05) is 12.1 Å². The predicted molar refractivity (Wildman–Crippen MR) is 74.5 cm³/mol. The SMILES string of the molecule is O=C(NC1CCC(C(=O)O)C1)c1cccc2cc[nH]c12. The third kappa shape index (κ3) is 2.27. The molecule has 2 aromatic rings. The molecule has 1 heterocycles. The number of amides is 1. The van der Waals surface area contributed by atoms with Crippen molar-refractivity contribution in [2.24, 2.45) is 5.92 Å². The summed E-state index contributed by atoms with van der Waals surface area (Å²) in [4.78, 5) is 26.3. The minimum atomic E-state index is -0.770. The summed E-state index contributed by atoms with van der Waals surface area (Å²) in [5, 5.41) is 12.9. The van der Waals surface area contributed by atoms with Crippen LogP contribution in [0.15, 0.2) is 30.5 Å². The maximum atomic E-state index is 12.3. The fourth-order valence-electron chi connectivity index (χ4n) is 2.87. The van der Waals surface area contributed by atoms with Gasteiger partial charge >= 0.3 is 5.97 Å². The highest BCUT2D eigenvalue weighted by atomic mass is 16.4. The van der Waals surface area contributed by atoms with E-state index in [4.69, 9.17) is 5.11 Å². The number of hydrogen-bond acceptors (Lipinski definition) is 2. The first-order valence-electron chi connectivity index (χ1n) is 6.75. The van der Waals surface area contributed by atoms with Crippen molar-refractivity contribution in [3.63, 3.8) is 0 Å². The quantitative estimate of drug-likeness (QED) is 0.800. The van der Waals surface area contributed by atoms with Crippen LogP contribution in [0, 0.1) is 5.92 Å². The Morgan fingerprint density at radius 1 is 1.25 bits per heavy atom. The van der Waals surface area contributed by atoms with Crippen molar-refractivity contribution in [1.29, 1.82) is 0 Å². The number of aliphatic carboxylic acids is 1. The van der Waals surface area contributed by atoms with Crippen molar-refractivity contribution in [2.45, 2.75) is 25.3 Å². The van der Waals surface area contributed by atoms with Gasteiger partial charge < -0.3 is 15.4 Å². The number of carbonyl (C=O) groups is 2. The van der Waals surface area contributed by atoms with E-state index < -0.39 is 5.97 Å². The minimum absolute atomic E-state index is 0.0474. The number of aromatic amines is 1. The molecule has 104 valence electrons. The smallest absolute Gasteiger partial charge is 0.306 e. The Morgan fingerprint density at radius 2 is 2.10 bits per heavy atom. The highest BCUT2D eigenvalue weighted by Gasteiger charge is 2.30. The number of para-hydroxylation sites is 1. The maximum Gasteiger partial charge on any atom is 0.306 e. The second-order valence-electron chi connectivity index (χ2n) is 5.27. The fraction of sp³-hybridized carbons (Fsp3) is 0.333. The van der Waals surface area contributed by atoms with Gasteiger partial charge in [-0.3, -0.25) is 9.59 Å². The number of carbonyl (C=O) groups excluding carboxylic acids is 1. The molecule has 1 amide bonds. The Kier molecular flexibility index (Phi) is 3.18. The molecule has 1 aliphatic carbocycles. The average Bonchev–Trinajstić information content (AvgIpc) is 3.05. The maximum absolute atomic E-state index is 12.3. The fourth-order valence-corrected chi connectivity index (χ4v) is 2.87. The lowest BCUT2D eigenvalue weighted by Crippen LogP contribution is -2.33. The zero-order valence-corrected chi connectivity index (χ0v) is 10.9. The van der Waals surface area contributed by atoms with Crippen LogP contribution in [0.1, 0.15) is 29.6 Å². The Bertz CT molecular complexity index is 662. The van der Waals surface area contributed by atoms with Crippen molar-refractivity contribution in [1.82, 2.24) is 10.3 Å². The van der Waals surface area contributed by atoms with E-state index in [-0.39, 0.29) is 17.9 Å². The molecule has 5 heteroatoms. The van der Waals surface area contributed by atoms with E-state index in [2.05, 4.69) is 10.3 Å². The number of carboxylic acids is 1. The zero-order chi connectivity index (χ0) is 14.1. The molecule has 2 unspecified atom stereocenters. The minimum Gasteiger partial charge on any atom is -0.481 e. The summed E-state index contributed by atoms with van der Waals surface area (Å²) >= 11 is 0. The van der Waals surface area contributed by atoms with E-state index in [1.807, 2.05) is 18.2 Å². The molecule has 1 aliphatic rings. The first kappa shape index (κ1) is 12.7. The van der Waals surface area contributed by atoms with Gasteiger partial charge in [0.05, 0.1) is 17.0 Å². The van der Waals surface area contributed by atoms with E-state index >= 15 is 0 Å². The van der Waals surface area contributed by atoms with Crippen LogP contribution in [0.3, 0.4) is 0 Å². The Balaban J connectivity index is 1.74. The van der Waals surface area contributed by atoms with Crippen molar-refractivity contribution in [3.05, 3.63) is 36.0 Å². The molecule has 1 aromatic carbocycles. The van der Waals surface area contributed by atoms with Crippen LogP contribution < -0.4 is 5.32 Å². The van der Waals surface area contributed by atoms with Crippen molar-refractivity contribution in [2.75, 3.05) is 0 Å². The first-order valence-corrected chi connectivity index (χ1v) is 6.75. The molecular formula is C15H16N2O3. The topological polar surface area (TPSA) is 82.2 Å². The molecule has 3 rings (SSSR count). The van der Waals surface area contributed by atoms with Crippen LogP contribution in [-0.2, 0) is 4.79 Å². The number of carboxylic acid groups (broad SMARTS) is 1. The van der Waals surface area contributed by atoms with Crippen LogP contribution in [0.2, 0.25) is 0 Å². The normalized spacial score (nSPS) is 22.0. The molecule has 0 aliphatic heterocycles. The van der Waals surface area contributed by atoms with Gasteiger partial charge in [-0.05, 0) is 31.4 Å². The largest absolute Gasteiger partial charge is 0.481 e. The number of hydrogen-bond donors (Lipinski definition) is 3. The summed E-state index contributed by atoms with van der Waals surface area (Å²) in [6.45, 7) is 0. The third-order valence-corrected chi connectivity index (χ3v) is 3.95. The lowest BCUT2D eigenvalue weighted by atomic mass is 10.1. The number of nitrogens with one attached hydrogen (secondary N) is 2. The zero-order valence-electron chi connectivity index (χ0n) is 10.9. The van der Waals surface area contributed by atoms with Crippen molar-refractivity contribution in [3.8, 4) is 0 Å². The van der Waals surface area contributed by atoms with Crippen molar-refractivity contribution >= 4 is 22.8 Å². The van der Waals surface area contributed by atoms with Crippen LogP contribution in [0.5, 0.6) is 0 Å². The van der Waals surface area contributed by atoms with E-state index in [1.165, 1.54) is 0 Å². The molecule has 1 aromatic heterocycles. The summed E-state index contributed by atoms with van der Waals surface area (Å²) in [5.41, 5.74) is 1.42. The Morgan fingerprint density at radius 3 is 2.85 bits per heavy atom. The Hall–Kier alpha value is -2.30. The molecule has 0 bridgehead atoms. The van der Waals surface area contributed by atoms with Gasteiger partial charge in [0.1, 0.15) is 0 Å². The van der Waals surface area contributed by atoms with Gasteiger partial charge in [0.2, 0.25) is 0 Å². The molecule has 3 N–H and O–H groups in total. The summed E-state index contributed by atoms with van der Waals surface area (Å²) < 4.78 is 0. The first-order chi connectivity index (χ1) is 9.65. The second kappa shape index (κ2) is 5.00. The summed E-state index contributed by atoms with van der Waals surface area (Å²) in [6, 6.07) is 7.44. The van der Waals surface area contributed by atoms with Crippen LogP contribution in [0.25, 0.3) is 10.9 Å². The molecule has 2 atom stereocenters. The van der Waals surface area contributed by atoms with Gasteiger partial charge in [0, 0.05) is 17.6 Å². The molecule has 1 fully saturated rings. The third-order valence-electron chi connectivity index (χ3n) is 3.95. The van der Waals surface area contributed by atoms with Gasteiger partial charge in [0.15, 0.2) is 0 Å². The van der Waals surface area contributed by atoms with Crippen molar-refractivity contribution < 1.29 is 14.7 Å². The van der Waals surface area contributed by atoms with Gasteiger partial charge in [-0.2, -0.15) is 0 Å². The molecule has 20 heavy (non-hydrogen) atoms. The highest BCUT2D eigenvalue weighted by Crippen LogP contribution is 2.26. The van der Waals surface area contributed by atoms with Crippen LogP contribution in [0.4, 0.5) is 0 Å². The average molecular weight is 272 g/mol. The number of benzene rings is 1. The monoisotopic (exact) mass is 272 g/mol. The molecule has 0 radical (unpaired) electrons. The van der Waals surface area contributed by atoms with E-state index in [0.717, 1.165) is 17.3 Å². The lowest BCUT2D eigenvalue weighted by molar-refractivity contribution is -0.141. The number of rotatable bonds is 3. The van der Waals surface area contributed by atoms with E-state index in [9.17, 15) is 9.59 Å². The predicted octanol–water partition coefficient (Wildman–Crippen LogP) is 2.15. The summed E-state index contributed by atoms with van der Waals surface area (Å²) in [6.07, 6.45) is 3.68. The second-order valence-corrected chi connectivity index (χ2v) is 5.27. The van der Waals surface area contributed by atoms with Gasteiger partial charge in [-0.25, -0.2) is 0 Å². The molecule has 0 spiro atoms. The van der Waals surface area contributed by atoms with Gasteiger partial charge in [0.25, 0.3) is 5.91 Å². The van der Waals surface area contributed by atoms with E-state index in [1.54, 1.807) is 12.3 Å². The Labute approximate surface area is 116 Å².